The largest absolute Gasteiger partial charge is 0.406 e. The number of alkyl halides is 6. The van der Waals surface area contributed by atoms with Crippen LogP contribution in [0.25, 0.3) is 5.69 Å². The highest BCUT2D eigenvalue weighted by atomic mass is 35.5. The molecule has 1 amide bonds. The molecule has 38 heavy (non-hydrogen) atoms. The summed E-state index contributed by atoms with van der Waals surface area (Å²) in [5.74, 6) is 0.175. The van der Waals surface area contributed by atoms with Crippen molar-refractivity contribution in [2.24, 2.45) is 10.8 Å². The summed E-state index contributed by atoms with van der Waals surface area (Å²) in [5.41, 5.74) is -2.98. The van der Waals surface area contributed by atoms with Gasteiger partial charge >= 0.3 is 12.4 Å². The maximum absolute atomic E-state index is 14.0. The lowest BCUT2D eigenvalue weighted by Crippen LogP contribution is -2.65. The van der Waals surface area contributed by atoms with Crippen LogP contribution in [-0.4, -0.2) is 61.5 Å². The van der Waals surface area contributed by atoms with E-state index in [1.165, 1.54) is 9.80 Å². The van der Waals surface area contributed by atoms with Crippen LogP contribution in [0.15, 0.2) is 18.2 Å². The van der Waals surface area contributed by atoms with Gasteiger partial charge in [-0.25, -0.2) is 0 Å². The van der Waals surface area contributed by atoms with Gasteiger partial charge in [0.05, 0.1) is 12.2 Å². The van der Waals surface area contributed by atoms with Gasteiger partial charge in [0.15, 0.2) is 5.82 Å². The number of carbonyl (C=O) groups excluding carboxylic acids is 1. The van der Waals surface area contributed by atoms with E-state index in [4.69, 9.17) is 11.6 Å². The maximum Gasteiger partial charge on any atom is 0.406 e. The lowest BCUT2D eigenvalue weighted by Gasteiger charge is -2.59. The minimum absolute atomic E-state index is 0.0154. The first-order chi connectivity index (χ1) is 17.8. The zero-order valence-corrected chi connectivity index (χ0v) is 20.9. The minimum atomic E-state index is -4.52. The van der Waals surface area contributed by atoms with Crippen molar-refractivity contribution in [2.75, 3.05) is 13.1 Å². The maximum atomic E-state index is 14.0. The van der Waals surface area contributed by atoms with Crippen LogP contribution in [0.4, 0.5) is 26.3 Å². The van der Waals surface area contributed by atoms with Gasteiger partial charge in [-0.05, 0) is 62.3 Å². The van der Waals surface area contributed by atoms with E-state index in [1.807, 2.05) is 4.57 Å². The second kappa shape index (κ2) is 7.44. The number of benzene rings is 1. The molecule has 1 aromatic heterocycles. The molecular formula is C25H24ClF6N5O. The third kappa shape index (κ3) is 3.34. The van der Waals surface area contributed by atoms with Crippen LogP contribution in [0.1, 0.15) is 61.7 Å². The van der Waals surface area contributed by atoms with E-state index in [0.29, 0.717) is 40.8 Å². The summed E-state index contributed by atoms with van der Waals surface area (Å²) >= 11 is 6.22. The SMILES string of the molecule is O=C(N1CC2(CC(c3nnc4n3-c3ccc(Cl)cc3CN(C3(C(F)(F)F)CC3)C4)C2)C1)C1(C(F)(F)F)CC1. The summed E-state index contributed by atoms with van der Waals surface area (Å²) in [4.78, 5) is 15.3. The van der Waals surface area contributed by atoms with Crippen LogP contribution in [0.2, 0.25) is 5.02 Å². The zero-order valence-electron chi connectivity index (χ0n) is 20.2. The van der Waals surface area contributed by atoms with Crippen LogP contribution in [0, 0.1) is 10.8 Å². The first kappa shape index (κ1) is 24.7. The first-order valence-corrected chi connectivity index (χ1v) is 13.1. The Labute approximate surface area is 218 Å². The molecular weight excluding hydrogens is 536 g/mol. The van der Waals surface area contributed by atoms with Crippen molar-refractivity contribution in [2.45, 2.75) is 75.4 Å². The van der Waals surface area contributed by atoms with E-state index in [-0.39, 0.29) is 63.2 Å². The normalized spacial score (nSPS) is 25.2. The molecule has 1 spiro atoms. The van der Waals surface area contributed by atoms with E-state index >= 15 is 0 Å². The number of rotatable bonds is 3. The Bertz CT molecular complexity index is 1330. The highest BCUT2D eigenvalue weighted by molar-refractivity contribution is 6.30. The molecule has 6 nitrogen and oxygen atoms in total. The Morgan fingerprint density at radius 2 is 1.63 bits per heavy atom. The van der Waals surface area contributed by atoms with Crippen LogP contribution < -0.4 is 0 Å². The molecule has 2 aliphatic heterocycles. The molecule has 1 saturated heterocycles. The van der Waals surface area contributed by atoms with Crippen LogP contribution in [0.5, 0.6) is 0 Å². The second-order valence-electron chi connectivity index (χ2n) is 11.8. The first-order valence-electron chi connectivity index (χ1n) is 12.7. The Balaban J connectivity index is 1.13. The highest BCUT2D eigenvalue weighted by Gasteiger charge is 2.71. The van der Waals surface area contributed by atoms with Gasteiger partial charge in [0.2, 0.25) is 5.91 Å². The van der Waals surface area contributed by atoms with Crippen molar-refractivity contribution in [3.63, 3.8) is 0 Å². The summed E-state index contributed by atoms with van der Waals surface area (Å²) < 4.78 is 84.0. The topological polar surface area (TPSA) is 54.3 Å². The average Bonchev–Trinajstić information content (AvgIpc) is 3.67. The molecule has 7 rings (SSSR count). The van der Waals surface area contributed by atoms with Gasteiger partial charge in [0.1, 0.15) is 16.8 Å². The Kier molecular flexibility index (Phi) is 4.83. The number of hydrogen-bond donors (Lipinski definition) is 0. The van der Waals surface area contributed by atoms with Crippen molar-refractivity contribution in [1.29, 1.82) is 0 Å². The molecule has 0 bridgehead atoms. The molecule has 0 radical (unpaired) electrons. The molecule has 3 saturated carbocycles. The molecule has 3 heterocycles. The third-order valence-corrected chi connectivity index (χ3v) is 9.59. The quantitative estimate of drug-likeness (QED) is 0.474. The molecule has 0 atom stereocenters. The number of aromatic nitrogens is 3. The van der Waals surface area contributed by atoms with E-state index in [0.717, 1.165) is 0 Å². The van der Waals surface area contributed by atoms with Gasteiger partial charge in [-0.2, -0.15) is 26.3 Å². The Morgan fingerprint density at radius 1 is 0.947 bits per heavy atom. The van der Waals surface area contributed by atoms with Crippen LogP contribution in [0.3, 0.4) is 0 Å². The molecule has 5 aliphatic rings. The second-order valence-corrected chi connectivity index (χ2v) is 12.3. The Morgan fingerprint density at radius 3 is 2.21 bits per heavy atom. The fraction of sp³-hybridized carbons (Fsp3) is 0.640. The standard InChI is InChI=1S/C25H24ClF6N5O/c26-16-1-2-17-14(7-16)10-36(23(5-6-23)25(30,31)32)11-18-33-34-19(37(17)18)15-8-21(9-15)12-35(13-21)20(38)22(3-4-22)24(27,28)29/h1-2,7,15H,3-6,8-13H2. The number of likely N-dealkylation sites (tertiary alicyclic amines) is 1. The smallest absolute Gasteiger partial charge is 0.341 e. The summed E-state index contributed by atoms with van der Waals surface area (Å²) in [6.07, 6.45) is -7.87. The Hall–Kier alpha value is -2.34. The van der Waals surface area contributed by atoms with Crippen molar-refractivity contribution < 1.29 is 31.1 Å². The highest BCUT2D eigenvalue weighted by Crippen LogP contribution is 2.62. The minimum Gasteiger partial charge on any atom is -0.341 e. The van der Waals surface area contributed by atoms with Gasteiger partial charge in [0.25, 0.3) is 0 Å². The van der Waals surface area contributed by atoms with E-state index in [1.54, 1.807) is 18.2 Å². The van der Waals surface area contributed by atoms with Gasteiger partial charge in [-0.15, -0.1) is 10.2 Å². The molecule has 0 N–H and O–H groups in total. The molecule has 2 aromatic rings. The summed E-state index contributed by atoms with van der Waals surface area (Å²) in [6.45, 7) is 0.633. The monoisotopic (exact) mass is 559 g/mol. The van der Waals surface area contributed by atoms with E-state index in [2.05, 4.69) is 10.2 Å². The molecule has 3 aliphatic carbocycles. The summed E-state index contributed by atoms with van der Waals surface area (Å²) in [6, 6.07) is 5.14. The fourth-order valence-corrected chi connectivity index (χ4v) is 7.07. The number of hydrogen-bond acceptors (Lipinski definition) is 4. The van der Waals surface area contributed by atoms with Crippen molar-refractivity contribution in [1.82, 2.24) is 24.6 Å². The zero-order chi connectivity index (χ0) is 26.9. The molecule has 13 heteroatoms. The fourth-order valence-electron chi connectivity index (χ4n) is 6.87. The lowest BCUT2D eigenvalue weighted by molar-refractivity contribution is -0.207. The third-order valence-electron chi connectivity index (χ3n) is 9.35. The van der Waals surface area contributed by atoms with Crippen LogP contribution >= 0.6 is 11.6 Å². The molecule has 1 aromatic carbocycles. The van der Waals surface area contributed by atoms with Crippen molar-refractivity contribution in [3.05, 3.63) is 40.4 Å². The lowest BCUT2D eigenvalue weighted by atomic mass is 9.57. The predicted octanol–water partition coefficient (Wildman–Crippen LogP) is 5.38. The summed E-state index contributed by atoms with van der Waals surface area (Å²) in [5, 5.41) is 9.11. The molecule has 0 unspecified atom stereocenters. The van der Waals surface area contributed by atoms with Gasteiger partial charge < -0.3 is 4.90 Å². The number of halogens is 7. The van der Waals surface area contributed by atoms with Crippen molar-refractivity contribution in [3.8, 4) is 5.69 Å². The number of amides is 1. The van der Waals surface area contributed by atoms with E-state index < -0.39 is 29.2 Å². The molecule has 4 fully saturated rings. The molecule has 204 valence electrons. The van der Waals surface area contributed by atoms with Gasteiger partial charge in [0, 0.05) is 36.0 Å². The average molecular weight is 560 g/mol. The van der Waals surface area contributed by atoms with Gasteiger partial charge in [-0.1, -0.05) is 11.6 Å². The number of fused-ring (bicyclic) bond motifs is 3. The predicted molar refractivity (Wildman–Crippen MR) is 122 cm³/mol. The van der Waals surface area contributed by atoms with Gasteiger partial charge in [-0.3, -0.25) is 14.3 Å². The number of carbonyl (C=O) groups is 1. The summed E-state index contributed by atoms with van der Waals surface area (Å²) in [7, 11) is 0. The number of nitrogens with zero attached hydrogens (tertiary/aromatic N) is 5. The van der Waals surface area contributed by atoms with E-state index in [9.17, 15) is 31.1 Å². The van der Waals surface area contributed by atoms with Crippen molar-refractivity contribution >= 4 is 17.5 Å². The van der Waals surface area contributed by atoms with Crippen LogP contribution in [-0.2, 0) is 17.9 Å².